The summed E-state index contributed by atoms with van der Waals surface area (Å²) in [6.45, 7) is -0.418. The SMILES string of the molecule is COc1ccc(CCC(=O)Nc2ccc(OCC(=O)O)cc2)c(OC)c1OC. The first kappa shape index (κ1) is 20.9. The fourth-order valence-corrected chi connectivity index (χ4v) is 2.61. The van der Waals surface area contributed by atoms with E-state index in [0.29, 0.717) is 35.1 Å². The fraction of sp³-hybridized carbons (Fsp3) is 0.300. The molecule has 0 atom stereocenters. The minimum absolute atomic E-state index is 0.170. The zero-order chi connectivity index (χ0) is 20.5. The summed E-state index contributed by atoms with van der Waals surface area (Å²) < 4.78 is 21.1. The van der Waals surface area contributed by atoms with Crippen molar-refractivity contribution in [3.63, 3.8) is 0 Å². The molecule has 0 bridgehead atoms. The summed E-state index contributed by atoms with van der Waals surface area (Å²) in [6.07, 6.45) is 0.693. The van der Waals surface area contributed by atoms with Crippen molar-refractivity contribution in [2.75, 3.05) is 33.3 Å². The van der Waals surface area contributed by atoms with Crippen molar-refractivity contribution in [3.05, 3.63) is 42.0 Å². The monoisotopic (exact) mass is 389 g/mol. The average Bonchev–Trinajstić information content (AvgIpc) is 2.70. The summed E-state index contributed by atoms with van der Waals surface area (Å²) >= 11 is 0. The number of aliphatic carboxylic acids is 1. The smallest absolute Gasteiger partial charge is 0.341 e. The molecule has 0 saturated heterocycles. The zero-order valence-corrected chi connectivity index (χ0v) is 16.0. The molecule has 8 nitrogen and oxygen atoms in total. The Morgan fingerprint density at radius 1 is 0.929 bits per heavy atom. The van der Waals surface area contributed by atoms with Crippen molar-refractivity contribution in [3.8, 4) is 23.0 Å². The molecule has 150 valence electrons. The number of nitrogens with one attached hydrogen (secondary N) is 1. The van der Waals surface area contributed by atoms with Gasteiger partial charge in [0, 0.05) is 12.1 Å². The molecule has 28 heavy (non-hydrogen) atoms. The first-order chi connectivity index (χ1) is 13.5. The number of carbonyl (C=O) groups is 2. The largest absolute Gasteiger partial charge is 0.493 e. The minimum Gasteiger partial charge on any atom is -0.493 e. The second-order valence-corrected chi connectivity index (χ2v) is 5.75. The van der Waals surface area contributed by atoms with Gasteiger partial charge in [0.2, 0.25) is 11.7 Å². The number of anilines is 1. The molecular formula is C20H23NO7. The van der Waals surface area contributed by atoms with E-state index in [1.807, 2.05) is 6.07 Å². The number of carboxylic acid groups (broad SMARTS) is 1. The van der Waals surface area contributed by atoms with E-state index >= 15 is 0 Å². The summed E-state index contributed by atoms with van der Waals surface area (Å²) in [6, 6.07) is 10.1. The van der Waals surface area contributed by atoms with Gasteiger partial charge >= 0.3 is 5.97 Å². The average molecular weight is 389 g/mol. The van der Waals surface area contributed by atoms with Gasteiger partial charge in [-0.1, -0.05) is 6.07 Å². The summed E-state index contributed by atoms with van der Waals surface area (Å²) in [5, 5.41) is 11.4. The molecule has 0 fully saturated rings. The van der Waals surface area contributed by atoms with Crippen LogP contribution in [0.1, 0.15) is 12.0 Å². The lowest BCUT2D eigenvalue weighted by atomic mass is 10.1. The van der Waals surface area contributed by atoms with E-state index < -0.39 is 12.6 Å². The first-order valence-electron chi connectivity index (χ1n) is 8.50. The van der Waals surface area contributed by atoms with Crippen LogP contribution in [-0.2, 0) is 16.0 Å². The van der Waals surface area contributed by atoms with E-state index in [9.17, 15) is 9.59 Å². The zero-order valence-electron chi connectivity index (χ0n) is 16.0. The van der Waals surface area contributed by atoms with Crippen molar-refractivity contribution < 1.29 is 33.6 Å². The van der Waals surface area contributed by atoms with E-state index in [1.54, 1.807) is 37.4 Å². The number of hydrogen-bond acceptors (Lipinski definition) is 6. The third-order valence-corrected chi connectivity index (χ3v) is 3.91. The molecule has 2 N–H and O–H groups in total. The number of hydrogen-bond donors (Lipinski definition) is 2. The highest BCUT2D eigenvalue weighted by atomic mass is 16.5. The van der Waals surface area contributed by atoms with Gasteiger partial charge in [-0.15, -0.1) is 0 Å². The van der Waals surface area contributed by atoms with Crippen LogP contribution in [0.4, 0.5) is 5.69 Å². The Kier molecular flexibility index (Phi) is 7.50. The van der Waals surface area contributed by atoms with E-state index in [4.69, 9.17) is 24.1 Å². The second-order valence-electron chi connectivity index (χ2n) is 5.75. The Balaban J connectivity index is 1.96. The van der Waals surface area contributed by atoms with Gasteiger partial charge in [0.25, 0.3) is 0 Å². The van der Waals surface area contributed by atoms with Crippen LogP contribution in [0.25, 0.3) is 0 Å². The van der Waals surface area contributed by atoms with Gasteiger partial charge in [-0.25, -0.2) is 4.79 Å². The number of ether oxygens (including phenoxy) is 4. The number of methoxy groups -OCH3 is 3. The number of benzene rings is 2. The maximum atomic E-state index is 12.2. The molecule has 0 aliphatic carbocycles. The first-order valence-corrected chi connectivity index (χ1v) is 8.50. The quantitative estimate of drug-likeness (QED) is 0.644. The molecule has 0 heterocycles. The molecular weight excluding hydrogens is 366 g/mol. The molecule has 0 radical (unpaired) electrons. The summed E-state index contributed by atoms with van der Waals surface area (Å²) in [4.78, 5) is 22.7. The van der Waals surface area contributed by atoms with Crippen molar-refractivity contribution >= 4 is 17.6 Å². The fourth-order valence-electron chi connectivity index (χ4n) is 2.61. The van der Waals surface area contributed by atoms with Crippen LogP contribution < -0.4 is 24.3 Å². The van der Waals surface area contributed by atoms with Crippen molar-refractivity contribution in [1.29, 1.82) is 0 Å². The van der Waals surface area contributed by atoms with Crippen LogP contribution in [0, 0.1) is 0 Å². The molecule has 8 heteroatoms. The lowest BCUT2D eigenvalue weighted by Gasteiger charge is -2.15. The Bertz CT molecular complexity index is 818. The third-order valence-electron chi connectivity index (χ3n) is 3.91. The van der Waals surface area contributed by atoms with Gasteiger partial charge in [0.1, 0.15) is 5.75 Å². The standard InChI is InChI=1S/C20H23NO7/c1-25-16-10-4-13(19(26-2)20(16)27-3)5-11-17(22)21-14-6-8-15(9-7-14)28-12-18(23)24/h4,6-10H,5,11-12H2,1-3H3,(H,21,22)(H,23,24). The van der Waals surface area contributed by atoms with Crippen molar-refractivity contribution in [2.24, 2.45) is 0 Å². The number of amides is 1. The molecule has 0 aromatic heterocycles. The molecule has 0 spiro atoms. The molecule has 0 aliphatic rings. The highest BCUT2D eigenvalue weighted by molar-refractivity contribution is 5.91. The highest BCUT2D eigenvalue weighted by Gasteiger charge is 2.16. The van der Waals surface area contributed by atoms with Gasteiger partial charge in [-0.3, -0.25) is 4.79 Å². The molecule has 2 aromatic carbocycles. The highest BCUT2D eigenvalue weighted by Crippen LogP contribution is 2.40. The van der Waals surface area contributed by atoms with Gasteiger partial charge in [-0.2, -0.15) is 0 Å². The van der Waals surface area contributed by atoms with E-state index in [0.717, 1.165) is 5.56 Å². The summed E-state index contributed by atoms with van der Waals surface area (Å²) in [7, 11) is 4.61. The molecule has 1 amide bonds. The maximum absolute atomic E-state index is 12.2. The lowest BCUT2D eigenvalue weighted by molar-refractivity contribution is -0.139. The lowest BCUT2D eigenvalue weighted by Crippen LogP contribution is -2.13. The predicted octanol–water partition coefficient (Wildman–Crippen LogP) is 2.75. The Morgan fingerprint density at radius 3 is 2.18 bits per heavy atom. The van der Waals surface area contributed by atoms with Crippen LogP contribution in [0.2, 0.25) is 0 Å². The second kappa shape index (κ2) is 10.1. The number of aryl methyl sites for hydroxylation is 1. The van der Waals surface area contributed by atoms with Gasteiger partial charge in [0.15, 0.2) is 18.1 Å². The molecule has 2 aromatic rings. The number of carbonyl (C=O) groups excluding carboxylic acids is 1. The Hall–Kier alpha value is -3.42. The van der Waals surface area contributed by atoms with Gasteiger partial charge in [0.05, 0.1) is 21.3 Å². The van der Waals surface area contributed by atoms with E-state index in [1.165, 1.54) is 14.2 Å². The molecule has 0 unspecified atom stereocenters. The van der Waals surface area contributed by atoms with Gasteiger partial charge in [-0.05, 0) is 42.3 Å². The van der Waals surface area contributed by atoms with Crippen molar-refractivity contribution in [2.45, 2.75) is 12.8 Å². The topological polar surface area (TPSA) is 103 Å². The maximum Gasteiger partial charge on any atom is 0.341 e. The third kappa shape index (κ3) is 5.54. The summed E-state index contributed by atoms with van der Waals surface area (Å²) in [5.41, 5.74) is 1.42. The number of carboxylic acids is 1. The van der Waals surface area contributed by atoms with Crippen LogP contribution in [0.15, 0.2) is 36.4 Å². The van der Waals surface area contributed by atoms with Crippen LogP contribution in [0.3, 0.4) is 0 Å². The molecule has 2 rings (SSSR count). The predicted molar refractivity (Wildman–Crippen MR) is 103 cm³/mol. The van der Waals surface area contributed by atoms with E-state index in [-0.39, 0.29) is 12.3 Å². The minimum atomic E-state index is -1.05. The Morgan fingerprint density at radius 2 is 1.61 bits per heavy atom. The van der Waals surface area contributed by atoms with Gasteiger partial charge < -0.3 is 29.4 Å². The van der Waals surface area contributed by atoms with Crippen LogP contribution in [-0.4, -0.2) is 44.9 Å². The van der Waals surface area contributed by atoms with Crippen molar-refractivity contribution in [1.82, 2.24) is 0 Å². The Labute approximate surface area is 163 Å². The van der Waals surface area contributed by atoms with Crippen LogP contribution in [0.5, 0.6) is 23.0 Å². The number of rotatable bonds is 10. The summed E-state index contributed by atoms with van der Waals surface area (Å²) in [5.74, 6) is 0.765. The van der Waals surface area contributed by atoms with E-state index in [2.05, 4.69) is 5.32 Å². The molecule has 0 saturated carbocycles. The molecule has 0 aliphatic heterocycles. The van der Waals surface area contributed by atoms with Crippen LogP contribution >= 0.6 is 0 Å². The normalized spacial score (nSPS) is 10.1.